The van der Waals surface area contributed by atoms with Gasteiger partial charge in [-0.05, 0) is 30.3 Å². The zero-order valence-electron chi connectivity index (χ0n) is 14.4. The quantitative estimate of drug-likeness (QED) is 0.487. The predicted molar refractivity (Wildman–Crippen MR) is 103 cm³/mol. The monoisotopic (exact) mass is 377 g/mol. The highest BCUT2D eigenvalue weighted by atomic mass is 32.1. The summed E-state index contributed by atoms with van der Waals surface area (Å²) >= 11 is 1.28. The number of methoxy groups -OCH3 is 1. The van der Waals surface area contributed by atoms with E-state index in [0.717, 1.165) is 16.9 Å². The predicted octanol–water partition coefficient (Wildman–Crippen LogP) is 4.22. The number of aromatic nitrogens is 3. The maximum Gasteiger partial charge on any atom is 0.345 e. The van der Waals surface area contributed by atoms with E-state index in [4.69, 9.17) is 9.47 Å². The molecule has 0 unspecified atom stereocenters. The molecule has 0 aliphatic rings. The van der Waals surface area contributed by atoms with Crippen LogP contribution in [0.1, 0.15) is 10.4 Å². The molecule has 0 aliphatic carbocycles. The first kappa shape index (κ1) is 17.0. The highest BCUT2D eigenvalue weighted by Crippen LogP contribution is 2.28. The summed E-state index contributed by atoms with van der Waals surface area (Å²) in [7, 11) is 1.55. The van der Waals surface area contributed by atoms with E-state index < -0.39 is 5.97 Å². The molecule has 2 heterocycles. The van der Waals surface area contributed by atoms with Crippen molar-refractivity contribution >= 4 is 17.3 Å². The van der Waals surface area contributed by atoms with E-state index in [0.29, 0.717) is 16.5 Å². The van der Waals surface area contributed by atoms with Gasteiger partial charge in [0.05, 0.1) is 24.7 Å². The molecule has 7 heteroatoms. The summed E-state index contributed by atoms with van der Waals surface area (Å²) < 4.78 is 12.4. The summed E-state index contributed by atoms with van der Waals surface area (Å²) in [6.45, 7) is 0. The standard InChI is InChI=1S/C20H15N3O3S/c1-25-17-4-2-3-15(11-17)19(24)26-20-22-18(12-27-20)14-5-7-16(8-6-14)23-10-9-21-13-23/h2-13H,1H3. The lowest BCUT2D eigenvalue weighted by molar-refractivity contribution is 0.0734. The first-order chi connectivity index (χ1) is 13.2. The van der Waals surface area contributed by atoms with Gasteiger partial charge in [-0.3, -0.25) is 0 Å². The molecule has 6 nitrogen and oxygen atoms in total. The van der Waals surface area contributed by atoms with Crippen LogP contribution in [0.25, 0.3) is 16.9 Å². The molecule has 0 radical (unpaired) electrons. The molecular formula is C20H15N3O3S. The van der Waals surface area contributed by atoms with Gasteiger partial charge < -0.3 is 14.0 Å². The molecule has 134 valence electrons. The lowest BCUT2D eigenvalue weighted by Crippen LogP contribution is -2.08. The summed E-state index contributed by atoms with van der Waals surface area (Å²) in [6.07, 6.45) is 5.36. The second kappa shape index (κ2) is 7.43. The van der Waals surface area contributed by atoms with E-state index in [1.807, 2.05) is 40.4 Å². The number of hydrogen-bond donors (Lipinski definition) is 0. The Bertz CT molecular complexity index is 1060. The number of thiazole rings is 1. The van der Waals surface area contributed by atoms with Crippen LogP contribution in [0.15, 0.2) is 72.6 Å². The van der Waals surface area contributed by atoms with Gasteiger partial charge >= 0.3 is 5.97 Å². The Morgan fingerprint density at radius 2 is 2.00 bits per heavy atom. The van der Waals surface area contributed by atoms with E-state index in [-0.39, 0.29) is 0 Å². The van der Waals surface area contributed by atoms with Crippen LogP contribution in [0.3, 0.4) is 0 Å². The average Bonchev–Trinajstić information content (AvgIpc) is 3.40. The topological polar surface area (TPSA) is 66.2 Å². The molecule has 0 atom stereocenters. The number of rotatable bonds is 5. The molecule has 4 aromatic rings. The van der Waals surface area contributed by atoms with Crippen molar-refractivity contribution in [3.8, 4) is 27.9 Å². The van der Waals surface area contributed by atoms with Crippen LogP contribution in [0.2, 0.25) is 0 Å². The van der Waals surface area contributed by atoms with Crippen molar-refractivity contribution < 1.29 is 14.3 Å². The molecule has 2 aromatic carbocycles. The first-order valence-electron chi connectivity index (χ1n) is 8.13. The van der Waals surface area contributed by atoms with Gasteiger partial charge in [-0.15, -0.1) is 0 Å². The Morgan fingerprint density at radius 3 is 2.74 bits per heavy atom. The molecule has 0 fully saturated rings. The third-order valence-electron chi connectivity index (χ3n) is 3.93. The fourth-order valence-electron chi connectivity index (χ4n) is 2.54. The highest BCUT2D eigenvalue weighted by Gasteiger charge is 2.13. The fourth-order valence-corrected chi connectivity index (χ4v) is 3.22. The number of benzene rings is 2. The minimum Gasteiger partial charge on any atom is -0.497 e. The lowest BCUT2D eigenvalue weighted by atomic mass is 10.1. The van der Waals surface area contributed by atoms with Crippen molar-refractivity contribution in [2.24, 2.45) is 0 Å². The molecule has 2 aromatic heterocycles. The molecule has 4 rings (SSSR count). The van der Waals surface area contributed by atoms with Crippen molar-refractivity contribution in [3.63, 3.8) is 0 Å². The number of carbonyl (C=O) groups is 1. The number of carbonyl (C=O) groups excluding carboxylic acids is 1. The summed E-state index contributed by atoms with van der Waals surface area (Å²) in [5, 5.41) is 2.16. The Hall–Kier alpha value is -3.45. The van der Waals surface area contributed by atoms with Crippen LogP contribution in [-0.2, 0) is 0 Å². The van der Waals surface area contributed by atoms with Crippen LogP contribution >= 0.6 is 11.3 Å². The Kier molecular flexibility index (Phi) is 4.67. The van der Waals surface area contributed by atoms with E-state index in [9.17, 15) is 4.79 Å². The highest BCUT2D eigenvalue weighted by molar-refractivity contribution is 7.11. The van der Waals surface area contributed by atoms with E-state index in [1.165, 1.54) is 11.3 Å². The van der Waals surface area contributed by atoms with Crippen LogP contribution in [0.5, 0.6) is 10.9 Å². The summed E-state index contributed by atoms with van der Waals surface area (Å²) in [5.74, 6) is 0.132. The SMILES string of the molecule is COc1cccc(C(=O)Oc2nc(-c3ccc(-n4ccnc4)cc3)cs2)c1. The molecule has 0 amide bonds. The number of imidazole rings is 1. The third-order valence-corrected chi connectivity index (χ3v) is 4.65. The maximum absolute atomic E-state index is 12.3. The molecule has 27 heavy (non-hydrogen) atoms. The van der Waals surface area contributed by atoms with E-state index in [2.05, 4.69) is 9.97 Å². The molecule has 0 saturated heterocycles. The van der Waals surface area contributed by atoms with Gasteiger partial charge in [0, 0.05) is 29.0 Å². The zero-order valence-corrected chi connectivity index (χ0v) is 15.2. The van der Waals surface area contributed by atoms with Crippen LogP contribution in [0, 0.1) is 0 Å². The third kappa shape index (κ3) is 3.73. The number of nitrogens with zero attached hydrogens (tertiary/aromatic N) is 3. The molecule has 0 bridgehead atoms. The minimum atomic E-state index is -0.467. The van der Waals surface area contributed by atoms with Crippen molar-refractivity contribution in [2.75, 3.05) is 7.11 Å². The number of ether oxygens (including phenoxy) is 2. The first-order valence-corrected chi connectivity index (χ1v) is 9.01. The van der Waals surface area contributed by atoms with Crippen molar-refractivity contribution in [1.82, 2.24) is 14.5 Å². The number of hydrogen-bond acceptors (Lipinski definition) is 6. The zero-order chi connectivity index (χ0) is 18.6. The van der Waals surface area contributed by atoms with Crippen LogP contribution in [0.4, 0.5) is 0 Å². The second-order valence-corrected chi connectivity index (χ2v) is 6.46. The molecule has 0 saturated carbocycles. The maximum atomic E-state index is 12.3. The Morgan fingerprint density at radius 1 is 1.15 bits per heavy atom. The summed E-state index contributed by atoms with van der Waals surface area (Å²) in [5.41, 5.74) is 3.12. The van der Waals surface area contributed by atoms with Gasteiger partial charge in [0.2, 0.25) is 0 Å². The average molecular weight is 377 g/mol. The smallest absolute Gasteiger partial charge is 0.345 e. The van der Waals surface area contributed by atoms with Gasteiger partial charge in [-0.25, -0.2) is 14.8 Å². The molecular weight excluding hydrogens is 362 g/mol. The fraction of sp³-hybridized carbons (Fsp3) is 0.0500. The number of esters is 1. The molecule has 0 spiro atoms. The Labute approximate surface area is 159 Å². The van der Waals surface area contributed by atoms with Gasteiger partial charge in [0.1, 0.15) is 5.75 Å². The van der Waals surface area contributed by atoms with E-state index >= 15 is 0 Å². The van der Waals surface area contributed by atoms with Gasteiger partial charge in [-0.1, -0.05) is 29.5 Å². The summed E-state index contributed by atoms with van der Waals surface area (Å²) in [4.78, 5) is 20.7. The molecule has 0 aliphatic heterocycles. The van der Waals surface area contributed by atoms with Crippen molar-refractivity contribution in [2.45, 2.75) is 0 Å². The minimum absolute atomic E-state index is 0.302. The molecule has 0 N–H and O–H groups in total. The van der Waals surface area contributed by atoms with Crippen molar-refractivity contribution in [1.29, 1.82) is 0 Å². The van der Waals surface area contributed by atoms with E-state index in [1.54, 1.807) is 43.9 Å². The summed E-state index contributed by atoms with van der Waals surface area (Å²) in [6, 6.07) is 14.7. The lowest BCUT2D eigenvalue weighted by Gasteiger charge is -2.04. The second-order valence-electron chi connectivity index (χ2n) is 5.64. The van der Waals surface area contributed by atoms with Gasteiger partial charge in [-0.2, -0.15) is 0 Å². The van der Waals surface area contributed by atoms with Crippen LogP contribution < -0.4 is 9.47 Å². The van der Waals surface area contributed by atoms with Crippen molar-refractivity contribution in [3.05, 3.63) is 78.2 Å². The van der Waals surface area contributed by atoms with Gasteiger partial charge in [0.25, 0.3) is 5.19 Å². The van der Waals surface area contributed by atoms with Crippen LogP contribution in [-0.4, -0.2) is 27.6 Å². The Balaban J connectivity index is 1.49. The van der Waals surface area contributed by atoms with Gasteiger partial charge in [0.15, 0.2) is 0 Å². The largest absolute Gasteiger partial charge is 0.497 e. The normalized spacial score (nSPS) is 10.6.